The Kier molecular flexibility index (Phi) is 5.42. The molecular weight excluding hydrogens is 220 g/mol. The number of methoxy groups -OCH3 is 1. The molecule has 1 aromatic heterocycles. The molecule has 0 aromatic carbocycles. The Balaban J connectivity index is 2.67. The number of carbonyl (C=O) groups excluding carboxylic acids is 1. The topological polar surface area (TPSA) is 71.5 Å². The molecule has 1 heterocycles. The lowest BCUT2D eigenvalue weighted by atomic mass is 10.2. The molecule has 0 amide bonds. The number of nitrogens with zero attached hydrogens (tertiary/aromatic N) is 1. The third-order valence-electron chi connectivity index (χ3n) is 2.34. The summed E-state index contributed by atoms with van der Waals surface area (Å²) in [5.41, 5.74) is 0.374. The van der Waals surface area contributed by atoms with E-state index in [0.717, 1.165) is 6.42 Å². The highest BCUT2D eigenvalue weighted by Crippen LogP contribution is 2.12. The lowest BCUT2D eigenvalue weighted by Gasteiger charge is -2.13. The summed E-state index contributed by atoms with van der Waals surface area (Å²) in [4.78, 5) is 15.5. The highest BCUT2D eigenvalue weighted by molar-refractivity contribution is 5.94. The number of esters is 1. The molecule has 2 N–H and O–H groups in total. The minimum atomic E-state index is -0.439. The largest absolute Gasteiger partial charge is 0.465 e. The Morgan fingerprint density at radius 3 is 3.06 bits per heavy atom. The van der Waals surface area contributed by atoms with Crippen LogP contribution in [0.1, 0.15) is 30.1 Å². The Morgan fingerprint density at radius 2 is 2.41 bits per heavy atom. The minimum Gasteiger partial charge on any atom is -0.465 e. The maximum absolute atomic E-state index is 11.4. The molecule has 0 bridgehead atoms. The van der Waals surface area contributed by atoms with Gasteiger partial charge in [0.15, 0.2) is 0 Å². The van der Waals surface area contributed by atoms with E-state index in [0.29, 0.717) is 24.3 Å². The molecule has 0 aliphatic rings. The second-order valence-corrected chi connectivity index (χ2v) is 3.71. The van der Waals surface area contributed by atoms with Crippen molar-refractivity contribution in [2.24, 2.45) is 0 Å². The third kappa shape index (κ3) is 4.03. The van der Waals surface area contributed by atoms with Crippen LogP contribution in [0.15, 0.2) is 18.3 Å². The number of hydrogen-bond donors (Lipinski definition) is 2. The quantitative estimate of drug-likeness (QED) is 0.734. The fourth-order valence-electron chi connectivity index (χ4n) is 1.47. The molecule has 0 fully saturated rings. The van der Waals surface area contributed by atoms with Crippen molar-refractivity contribution in [2.75, 3.05) is 19.0 Å². The summed E-state index contributed by atoms with van der Waals surface area (Å²) in [5.74, 6) is 0.0000781. The van der Waals surface area contributed by atoms with E-state index in [1.807, 2.05) is 6.92 Å². The number of ether oxygens (including phenoxy) is 1. The zero-order chi connectivity index (χ0) is 12.7. The summed E-state index contributed by atoms with van der Waals surface area (Å²) >= 11 is 0. The van der Waals surface area contributed by atoms with Crippen LogP contribution in [0.4, 0.5) is 5.82 Å². The molecule has 1 unspecified atom stereocenters. The van der Waals surface area contributed by atoms with Crippen molar-refractivity contribution < 1.29 is 14.6 Å². The van der Waals surface area contributed by atoms with E-state index in [-0.39, 0.29) is 0 Å². The Morgan fingerprint density at radius 1 is 1.65 bits per heavy atom. The van der Waals surface area contributed by atoms with Crippen LogP contribution in [0.3, 0.4) is 0 Å². The first-order valence-electron chi connectivity index (χ1n) is 5.64. The predicted molar refractivity (Wildman–Crippen MR) is 65.0 cm³/mol. The number of hydrogen-bond acceptors (Lipinski definition) is 5. The van der Waals surface area contributed by atoms with Gasteiger partial charge in [0.05, 0.1) is 13.2 Å². The van der Waals surface area contributed by atoms with Crippen LogP contribution < -0.4 is 5.32 Å². The van der Waals surface area contributed by atoms with Crippen molar-refractivity contribution in [3.8, 4) is 0 Å². The fourth-order valence-corrected chi connectivity index (χ4v) is 1.47. The van der Waals surface area contributed by atoms with Gasteiger partial charge in [0.1, 0.15) is 11.4 Å². The lowest BCUT2D eigenvalue weighted by Crippen LogP contribution is -2.21. The average Bonchev–Trinajstić information content (AvgIpc) is 2.36. The van der Waals surface area contributed by atoms with E-state index in [9.17, 15) is 9.90 Å². The molecule has 94 valence electrons. The molecule has 0 aliphatic carbocycles. The number of aliphatic hydroxyl groups is 1. The smallest absolute Gasteiger partial charge is 0.341 e. The first kappa shape index (κ1) is 13.4. The molecule has 0 aliphatic heterocycles. The molecule has 1 atom stereocenters. The molecule has 5 heteroatoms. The van der Waals surface area contributed by atoms with Crippen LogP contribution in [-0.4, -0.2) is 35.8 Å². The molecule has 0 saturated heterocycles. The molecule has 1 aromatic rings. The van der Waals surface area contributed by atoms with Crippen LogP contribution in [0, 0.1) is 0 Å². The fraction of sp³-hybridized carbons (Fsp3) is 0.500. The van der Waals surface area contributed by atoms with Crippen LogP contribution in [0.2, 0.25) is 0 Å². The monoisotopic (exact) mass is 238 g/mol. The summed E-state index contributed by atoms with van der Waals surface area (Å²) in [6.45, 7) is 2.37. The maximum atomic E-state index is 11.4. The maximum Gasteiger partial charge on any atom is 0.341 e. The lowest BCUT2D eigenvalue weighted by molar-refractivity contribution is 0.0601. The summed E-state index contributed by atoms with van der Waals surface area (Å²) in [7, 11) is 1.32. The molecule has 17 heavy (non-hydrogen) atoms. The van der Waals surface area contributed by atoms with E-state index >= 15 is 0 Å². The van der Waals surface area contributed by atoms with E-state index in [2.05, 4.69) is 15.0 Å². The van der Waals surface area contributed by atoms with Crippen molar-refractivity contribution in [3.63, 3.8) is 0 Å². The highest BCUT2D eigenvalue weighted by Gasteiger charge is 2.12. The van der Waals surface area contributed by atoms with Gasteiger partial charge in [0.2, 0.25) is 0 Å². The van der Waals surface area contributed by atoms with Crippen molar-refractivity contribution in [1.82, 2.24) is 4.98 Å². The predicted octanol–water partition coefficient (Wildman–Crippen LogP) is 1.44. The van der Waals surface area contributed by atoms with Gasteiger partial charge in [-0.25, -0.2) is 9.78 Å². The first-order chi connectivity index (χ1) is 8.19. The van der Waals surface area contributed by atoms with E-state index in [1.165, 1.54) is 7.11 Å². The van der Waals surface area contributed by atoms with E-state index < -0.39 is 12.1 Å². The molecule has 5 nitrogen and oxygen atoms in total. The second kappa shape index (κ2) is 6.85. The average molecular weight is 238 g/mol. The zero-order valence-electron chi connectivity index (χ0n) is 10.1. The van der Waals surface area contributed by atoms with E-state index in [1.54, 1.807) is 18.3 Å². The minimum absolute atomic E-state index is 0.370. The zero-order valence-corrected chi connectivity index (χ0v) is 10.1. The number of nitrogens with one attached hydrogen (secondary N) is 1. The van der Waals surface area contributed by atoms with Crippen molar-refractivity contribution >= 4 is 11.8 Å². The van der Waals surface area contributed by atoms with Crippen LogP contribution >= 0.6 is 0 Å². The number of carbonyl (C=O) groups is 1. The second-order valence-electron chi connectivity index (χ2n) is 3.71. The molecule has 0 spiro atoms. The van der Waals surface area contributed by atoms with Gasteiger partial charge in [-0.05, 0) is 18.6 Å². The number of aromatic nitrogens is 1. The molecular formula is C12H18N2O3. The van der Waals surface area contributed by atoms with Gasteiger partial charge in [0.25, 0.3) is 0 Å². The van der Waals surface area contributed by atoms with Crippen molar-refractivity contribution in [1.29, 1.82) is 0 Å². The summed E-state index contributed by atoms with van der Waals surface area (Å²) in [6.07, 6.45) is 2.77. The Bertz CT molecular complexity index is 369. The van der Waals surface area contributed by atoms with Crippen LogP contribution in [0.5, 0.6) is 0 Å². The first-order valence-corrected chi connectivity index (χ1v) is 5.64. The summed E-state index contributed by atoms with van der Waals surface area (Å²) < 4.78 is 4.65. The van der Waals surface area contributed by atoms with Crippen molar-refractivity contribution in [2.45, 2.75) is 25.9 Å². The van der Waals surface area contributed by atoms with Crippen molar-refractivity contribution in [3.05, 3.63) is 23.9 Å². The van der Waals surface area contributed by atoms with Gasteiger partial charge < -0.3 is 15.2 Å². The van der Waals surface area contributed by atoms with Gasteiger partial charge in [-0.1, -0.05) is 13.3 Å². The van der Waals surface area contributed by atoms with Gasteiger partial charge in [-0.3, -0.25) is 0 Å². The van der Waals surface area contributed by atoms with Gasteiger partial charge in [0, 0.05) is 12.7 Å². The number of rotatable bonds is 6. The van der Waals surface area contributed by atoms with E-state index in [4.69, 9.17) is 0 Å². The Labute approximate surface area is 101 Å². The molecule has 0 radical (unpaired) electrons. The normalized spacial score (nSPS) is 11.9. The van der Waals surface area contributed by atoms with Crippen LogP contribution in [0.25, 0.3) is 0 Å². The molecule has 0 saturated carbocycles. The standard InChI is InChI=1S/C12H18N2O3/c1-3-5-9(15)8-14-11-10(12(16)17-2)6-4-7-13-11/h4,6-7,9,15H,3,5,8H2,1-2H3,(H,13,14). The van der Waals surface area contributed by atoms with Gasteiger partial charge in [-0.15, -0.1) is 0 Å². The number of pyridine rings is 1. The highest BCUT2D eigenvalue weighted by atomic mass is 16.5. The summed E-state index contributed by atoms with van der Waals surface area (Å²) in [5, 5.41) is 12.5. The number of aliphatic hydroxyl groups excluding tert-OH is 1. The SMILES string of the molecule is CCCC(O)CNc1ncccc1C(=O)OC. The molecule has 1 rings (SSSR count). The third-order valence-corrected chi connectivity index (χ3v) is 2.34. The van der Waals surface area contributed by atoms with Crippen LogP contribution in [-0.2, 0) is 4.74 Å². The van der Waals surface area contributed by atoms with Gasteiger partial charge >= 0.3 is 5.97 Å². The number of anilines is 1. The summed E-state index contributed by atoms with van der Waals surface area (Å²) in [6, 6.07) is 3.30. The van der Waals surface area contributed by atoms with Gasteiger partial charge in [-0.2, -0.15) is 0 Å². The Hall–Kier alpha value is -1.62.